The lowest BCUT2D eigenvalue weighted by Gasteiger charge is -2.22. The fourth-order valence-corrected chi connectivity index (χ4v) is 1.83. The molecule has 0 spiro atoms. The van der Waals surface area contributed by atoms with Crippen molar-refractivity contribution in [3.8, 4) is 5.75 Å². The van der Waals surface area contributed by atoms with Gasteiger partial charge in [0.15, 0.2) is 11.6 Å². The molecule has 26 heavy (non-hydrogen) atoms. The average Bonchev–Trinajstić information content (AvgIpc) is 2.47. The van der Waals surface area contributed by atoms with Crippen LogP contribution >= 0.6 is 0 Å². The number of benzene rings is 1. The highest BCUT2D eigenvalue weighted by atomic mass is 19.1. The number of rotatable bonds is 7. The van der Waals surface area contributed by atoms with E-state index < -0.39 is 41.4 Å². The van der Waals surface area contributed by atoms with Crippen molar-refractivity contribution in [2.75, 3.05) is 6.61 Å². The Kier molecular flexibility index (Phi) is 7.79. The lowest BCUT2D eigenvalue weighted by Crippen LogP contribution is -2.43. The smallest absolute Gasteiger partial charge is 0.408 e. The lowest BCUT2D eigenvalue weighted by molar-refractivity contribution is -0.150. The van der Waals surface area contributed by atoms with Gasteiger partial charge in [-0.15, -0.1) is 0 Å². The minimum absolute atomic E-state index is 0.0743. The largest absolute Gasteiger partial charge is 0.490 e. The second-order valence-electron chi connectivity index (χ2n) is 6.83. The van der Waals surface area contributed by atoms with E-state index in [1.165, 1.54) is 13.0 Å². The van der Waals surface area contributed by atoms with Crippen molar-refractivity contribution in [2.45, 2.75) is 58.8 Å². The summed E-state index contributed by atoms with van der Waals surface area (Å²) in [5.41, 5.74) is -0.673. The molecule has 1 N–H and O–H groups in total. The Morgan fingerprint density at radius 2 is 1.85 bits per heavy atom. The van der Waals surface area contributed by atoms with Crippen LogP contribution in [0.4, 0.5) is 13.6 Å². The second kappa shape index (κ2) is 9.35. The molecule has 1 aromatic carbocycles. The first-order valence-corrected chi connectivity index (χ1v) is 8.26. The van der Waals surface area contributed by atoms with Gasteiger partial charge in [-0.2, -0.15) is 0 Å². The number of alkyl carbamates (subject to hydrolysis) is 1. The summed E-state index contributed by atoms with van der Waals surface area (Å²) < 4.78 is 41.7. The molecule has 0 aromatic heterocycles. The standard InChI is InChI=1S/C18H25F2NO5/c1-11(8-9-24-15-7-6-13(19)10-14(15)20)25-16(22)12(2)21-17(23)26-18(3,4)5/h6-7,10-12H,8-9H2,1-5H3,(H,21,23)/t11-,12-/m0/s1. The van der Waals surface area contributed by atoms with E-state index in [1.54, 1.807) is 27.7 Å². The number of nitrogens with one attached hydrogen (secondary N) is 1. The molecule has 0 bridgehead atoms. The third-order valence-corrected chi connectivity index (χ3v) is 3.08. The number of hydrogen-bond acceptors (Lipinski definition) is 5. The zero-order valence-electron chi connectivity index (χ0n) is 15.6. The first kappa shape index (κ1) is 21.7. The van der Waals surface area contributed by atoms with Crippen LogP contribution in [0.15, 0.2) is 18.2 Å². The molecule has 1 rings (SSSR count). The van der Waals surface area contributed by atoms with Gasteiger partial charge in [0.2, 0.25) is 0 Å². The van der Waals surface area contributed by atoms with Crippen LogP contribution < -0.4 is 10.1 Å². The van der Waals surface area contributed by atoms with Gasteiger partial charge in [0.05, 0.1) is 6.61 Å². The fraction of sp³-hybridized carbons (Fsp3) is 0.556. The van der Waals surface area contributed by atoms with E-state index in [0.29, 0.717) is 6.42 Å². The van der Waals surface area contributed by atoms with Crippen LogP contribution in [0.3, 0.4) is 0 Å². The first-order chi connectivity index (χ1) is 12.0. The monoisotopic (exact) mass is 373 g/mol. The molecule has 0 unspecified atom stereocenters. The van der Waals surface area contributed by atoms with Gasteiger partial charge < -0.3 is 19.5 Å². The molecule has 8 heteroatoms. The number of amides is 1. The minimum Gasteiger partial charge on any atom is -0.490 e. The van der Waals surface area contributed by atoms with E-state index >= 15 is 0 Å². The van der Waals surface area contributed by atoms with Crippen LogP contribution in [0.25, 0.3) is 0 Å². The molecule has 0 aliphatic carbocycles. The molecule has 6 nitrogen and oxygen atoms in total. The number of halogens is 2. The fourth-order valence-electron chi connectivity index (χ4n) is 1.83. The summed E-state index contributed by atoms with van der Waals surface area (Å²) >= 11 is 0. The number of carbonyl (C=O) groups is 2. The molecular formula is C18H25F2NO5. The lowest BCUT2D eigenvalue weighted by atomic mass is 10.2. The zero-order chi connectivity index (χ0) is 19.9. The summed E-state index contributed by atoms with van der Waals surface area (Å²) in [6.45, 7) is 8.32. The summed E-state index contributed by atoms with van der Waals surface area (Å²) in [7, 11) is 0. The van der Waals surface area contributed by atoms with Crippen molar-refractivity contribution in [1.82, 2.24) is 5.32 Å². The molecule has 0 saturated carbocycles. The van der Waals surface area contributed by atoms with Gasteiger partial charge in [0.1, 0.15) is 23.6 Å². The Labute approximate surface area is 151 Å². The summed E-state index contributed by atoms with van der Waals surface area (Å²) in [6.07, 6.45) is -0.944. The Balaban J connectivity index is 2.36. The van der Waals surface area contributed by atoms with Crippen molar-refractivity contribution < 1.29 is 32.6 Å². The molecule has 0 aliphatic rings. The summed E-state index contributed by atoms with van der Waals surface area (Å²) in [5.74, 6) is -2.20. The van der Waals surface area contributed by atoms with Crippen LogP contribution in [-0.4, -0.2) is 36.4 Å². The maximum absolute atomic E-state index is 13.4. The van der Waals surface area contributed by atoms with Crippen LogP contribution in [0, 0.1) is 11.6 Å². The van der Waals surface area contributed by atoms with Crippen LogP contribution in [0.5, 0.6) is 5.75 Å². The Hall–Kier alpha value is -2.38. The van der Waals surface area contributed by atoms with Crippen molar-refractivity contribution >= 4 is 12.1 Å². The third-order valence-electron chi connectivity index (χ3n) is 3.08. The molecule has 0 saturated heterocycles. The Morgan fingerprint density at radius 1 is 1.19 bits per heavy atom. The molecule has 0 aliphatic heterocycles. The Bertz CT molecular complexity index is 630. The second-order valence-corrected chi connectivity index (χ2v) is 6.83. The van der Waals surface area contributed by atoms with E-state index in [2.05, 4.69) is 5.32 Å². The first-order valence-electron chi connectivity index (χ1n) is 8.26. The predicted molar refractivity (Wildman–Crippen MR) is 90.9 cm³/mol. The van der Waals surface area contributed by atoms with E-state index in [0.717, 1.165) is 12.1 Å². The van der Waals surface area contributed by atoms with E-state index in [1.807, 2.05) is 0 Å². The van der Waals surface area contributed by atoms with Gasteiger partial charge in [-0.05, 0) is 46.8 Å². The maximum Gasteiger partial charge on any atom is 0.408 e. The number of carbonyl (C=O) groups excluding carboxylic acids is 2. The van der Waals surface area contributed by atoms with Gasteiger partial charge in [-0.3, -0.25) is 0 Å². The van der Waals surface area contributed by atoms with E-state index in [9.17, 15) is 18.4 Å². The number of ether oxygens (including phenoxy) is 3. The topological polar surface area (TPSA) is 73.9 Å². The molecule has 1 aromatic rings. The van der Waals surface area contributed by atoms with Crippen molar-refractivity contribution in [3.63, 3.8) is 0 Å². The van der Waals surface area contributed by atoms with Crippen LogP contribution in [0.1, 0.15) is 41.0 Å². The number of esters is 1. The third kappa shape index (κ3) is 8.13. The van der Waals surface area contributed by atoms with E-state index in [-0.39, 0.29) is 12.4 Å². The summed E-state index contributed by atoms with van der Waals surface area (Å²) in [5, 5.41) is 2.38. The predicted octanol–water partition coefficient (Wildman–Crippen LogP) is 3.58. The summed E-state index contributed by atoms with van der Waals surface area (Å²) in [4.78, 5) is 23.6. The minimum atomic E-state index is -0.886. The highest BCUT2D eigenvalue weighted by molar-refractivity contribution is 5.81. The van der Waals surface area contributed by atoms with Crippen molar-refractivity contribution in [2.24, 2.45) is 0 Å². The average molecular weight is 373 g/mol. The quantitative estimate of drug-likeness (QED) is 0.740. The van der Waals surface area contributed by atoms with E-state index in [4.69, 9.17) is 14.2 Å². The molecule has 146 valence electrons. The maximum atomic E-state index is 13.4. The molecule has 1 amide bonds. The van der Waals surface area contributed by atoms with Crippen molar-refractivity contribution in [3.05, 3.63) is 29.8 Å². The SMILES string of the molecule is C[C@H](NC(=O)OC(C)(C)C)C(=O)O[C@@H](C)CCOc1ccc(F)cc1F. The molecule has 0 heterocycles. The van der Waals surface area contributed by atoms with Gasteiger partial charge in [0, 0.05) is 12.5 Å². The molecular weight excluding hydrogens is 348 g/mol. The highest BCUT2D eigenvalue weighted by Gasteiger charge is 2.23. The molecule has 0 fully saturated rings. The zero-order valence-corrected chi connectivity index (χ0v) is 15.6. The van der Waals surface area contributed by atoms with Crippen molar-refractivity contribution in [1.29, 1.82) is 0 Å². The highest BCUT2D eigenvalue weighted by Crippen LogP contribution is 2.18. The Morgan fingerprint density at radius 3 is 2.42 bits per heavy atom. The summed E-state index contributed by atoms with van der Waals surface area (Å²) in [6, 6.07) is 2.12. The van der Waals surface area contributed by atoms with Crippen LogP contribution in [-0.2, 0) is 14.3 Å². The van der Waals surface area contributed by atoms with Gasteiger partial charge in [-0.25, -0.2) is 18.4 Å². The molecule has 2 atom stereocenters. The van der Waals surface area contributed by atoms with Gasteiger partial charge in [-0.1, -0.05) is 0 Å². The van der Waals surface area contributed by atoms with Crippen LogP contribution in [0.2, 0.25) is 0 Å². The molecule has 0 radical (unpaired) electrons. The van der Waals surface area contributed by atoms with Gasteiger partial charge >= 0.3 is 12.1 Å². The van der Waals surface area contributed by atoms with Gasteiger partial charge in [0.25, 0.3) is 0 Å². The normalized spacial score (nSPS) is 13.5. The number of hydrogen-bond donors (Lipinski definition) is 1.